The van der Waals surface area contributed by atoms with E-state index >= 15 is 0 Å². The number of fused-ring (bicyclic) bond motifs is 10. The van der Waals surface area contributed by atoms with E-state index in [1.165, 1.54) is 0 Å². The van der Waals surface area contributed by atoms with Crippen molar-refractivity contribution >= 4 is 101 Å². The maximum atomic E-state index is 10.4. The van der Waals surface area contributed by atoms with Gasteiger partial charge in [-0.1, -0.05) is 220 Å². The Morgan fingerprint density at radius 3 is 1.17 bits per heavy atom. The summed E-state index contributed by atoms with van der Waals surface area (Å²) in [5.74, 6) is 0. The molecule has 0 atom stereocenters. The van der Waals surface area contributed by atoms with Gasteiger partial charge in [0, 0.05) is 75.0 Å². The Morgan fingerprint density at radius 1 is 0.349 bits per heavy atom. The second-order valence-electron chi connectivity index (χ2n) is 26.0. The first kappa shape index (κ1) is 40.1. The van der Waals surface area contributed by atoms with E-state index in [1.54, 1.807) is 24.3 Å². The van der Waals surface area contributed by atoms with Crippen LogP contribution in [0.15, 0.2) is 242 Å². The summed E-state index contributed by atoms with van der Waals surface area (Å²) >= 11 is 0. The number of hydrogen-bond donors (Lipinski definition) is 0. The van der Waals surface area contributed by atoms with E-state index in [1.807, 2.05) is 169 Å². The molecule has 4 heterocycles. The zero-order valence-electron chi connectivity index (χ0n) is 63.8. The average molecular weight is 1130 g/mol. The monoisotopic (exact) mass is 1130 g/mol. The number of aromatic nitrogens is 2. The highest BCUT2D eigenvalue weighted by molar-refractivity contribution is 7.00. The van der Waals surface area contributed by atoms with Crippen LogP contribution in [0.1, 0.15) is 98.2 Å². The van der Waals surface area contributed by atoms with Crippen molar-refractivity contribution in [1.29, 1.82) is 0 Å². The van der Waals surface area contributed by atoms with E-state index in [9.17, 15) is 16.4 Å². The molecule has 13 aromatic rings. The van der Waals surface area contributed by atoms with Gasteiger partial charge in [-0.2, -0.15) is 0 Å². The lowest BCUT2D eigenvalue weighted by molar-refractivity contribution is 0.411. The largest absolute Gasteiger partial charge is 0.311 e. The van der Waals surface area contributed by atoms with Gasteiger partial charge in [0.1, 0.15) is 0 Å². The third-order valence-electron chi connectivity index (χ3n) is 16.4. The fourth-order valence-corrected chi connectivity index (χ4v) is 13.3. The summed E-state index contributed by atoms with van der Waals surface area (Å²) in [6, 6.07) is 60.6. The molecule has 4 nitrogen and oxygen atoms in total. The number of benzene rings is 11. The van der Waals surface area contributed by atoms with Crippen LogP contribution >= 0.6 is 0 Å². The molecule has 5 heteroatoms. The van der Waals surface area contributed by atoms with E-state index < -0.39 is 66.2 Å². The van der Waals surface area contributed by atoms with Crippen molar-refractivity contribution in [3.63, 3.8) is 0 Å². The van der Waals surface area contributed by atoms with Gasteiger partial charge in [0.05, 0.1) is 44.4 Å². The zero-order chi connectivity index (χ0) is 71.1. The smallest absolute Gasteiger partial charge is 0.252 e. The molecule has 11 aromatic carbocycles. The molecule has 15 rings (SSSR count). The van der Waals surface area contributed by atoms with Crippen molar-refractivity contribution in [1.82, 2.24) is 9.13 Å². The molecule has 0 fully saturated rings. The van der Waals surface area contributed by atoms with Crippen LogP contribution in [0.2, 0.25) is 0 Å². The predicted molar refractivity (Wildman–Crippen MR) is 369 cm³/mol. The number of para-hydroxylation sites is 4. The van der Waals surface area contributed by atoms with E-state index in [2.05, 4.69) is 82.6 Å². The summed E-state index contributed by atoms with van der Waals surface area (Å²) < 4.78 is 137. The lowest BCUT2D eigenvalue weighted by atomic mass is 9.33. The van der Waals surface area contributed by atoms with Crippen LogP contribution in [0.4, 0.5) is 34.1 Å². The van der Waals surface area contributed by atoms with E-state index in [0.29, 0.717) is 72.6 Å². The molecule has 2 aliphatic heterocycles. The van der Waals surface area contributed by atoms with Crippen LogP contribution in [0, 0.1) is 16.2 Å². The molecule has 0 unspecified atom stereocenters. The summed E-state index contributed by atoms with van der Waals surface area (Å²) in [6.45, 7) is 16.1. The maximum absolute atomic E-state index is 10.4. The van der Waals surface area contributed by atoms with Gasteiger partial charge < -0.3 is 18.9 Å². The van der Waals surface area contributed by atoms with Gasteiger partial charge in [-0.15, -0.1) is 0 Å². The molecule has 0 radical (unpaired) electrons. The second-order valence-corrected chi connectivity index (χ2v) is 26.0. The molecule has 0 saturated carbocycles. The summed E-state index contributed by atoms with van der Waals surface area (Å²) in [5, 5.41) is 1.41. The minimum Gasteiger partial charge on any atom is -0.311 e. The standard InChI is InChI=1S/C81H73BN4/c1-79(2,3)50-53-36-42-72-64(44-53)62-30-18-22-34-70(62)83(72)58-38-40-66-74(48-58)85(68-32-20-16-28-60(68)56-24-12-10-13-25-56)76-46-55(52-81(7,8)9)47-77-78(76)82(66)67-41-39-59(49-75(67)86(77)69-33-21-17-29-61(69)57-26-14-11-15-27-57)84-71-35-23-19-31-63(71)65-45-54(37-43-73(65)84)51-80(4,5)6/h10-49H,50-52H2,1-9H3/i18D,19D,22D,23D,30D,31D,34D,35D,50D2,51D2,52D2. The van der Waals surface area contributed by atoms with Crippen molar-refractivity contribution in [2.24, 2.45) is 16.2 Å². The lowest BCUT2D eigenvalue weighted by Crippen LogP contribution is -2.61. The van der Waals surface area contributed by atoms with E-state index in [-0.39, 0.29) is 46.0 Å². The number of rotatable bonds is 9. The third kappa shape index (κ3) is 9.22. The molecule has 0 N–H and O–H groups in total. The summed E-state index contributed by atoms with van der Waals surface area (Å²) in [6.07, 6.45) is -5.71. The fraction of sp³-hybridized carbons (Fsp3) is 0.185. The van der Waals surface area contributed by atoms with Crippen molar-refractivity contribution < 1.29 is 19.2 Å². The van der Waals surface area contributed by atoms with E-state index in [0.717, 1.165) is 50.0 Å². The molecule has 0 aliphatic carbocycles. The van der Waals surface area contributed by atoms with Gasteiger partial charge in [-0.3, -0.25) is 0 Å². The normalized spacial score (nSPS) is 16.1. The fourth-order valence-electron chi connectivity index (χ4n) is 13.3. The Morgan fingerprint density at radius 2 is 0.744 bits per heavy atom. The third-order valence-corrected chi connectivity index (χ3v) is 16.4. The molecular weight excluding hydrogens is 1040 g/mol. The Labute approximate surface area is 527 Å². The molecule has 420 valence electrons. The van der Waals surface area contributed by atoms with Gasteiger partial charge >= 0.3 is 0 Å². The van der Waals surface area contributed by atoms with E-state index in [4.69, 9.17) is 2.74 Å². The number of nitrogens with zero attached hydrogens (tertiary/aromatic N) is 4. The molecule has 0 amide bonds. The molecule has 0 spiro atoms. The van der Waals surface area contributed by atoms with Gasteiger partial charge in [-0.05, 0) is 164 Å². The Bertz CT molecular complexity index is 5280. The quantitative estimate of drug-likeness (QED) is 0.134. The molecule has 0 bridgehead atoms. The lowest BCUT2D eigenvalue weighted by Gasteiger charge is -2.45. The van der Waals surface area contributed by atoms with Crippen molar-refractivity contribution in [2.45, 2.75) is 81.4 Å². The van der Waals surface area contributed by atoms with Crippen molar-refractivity contribution in [3.8, 4) is 33.6 Å². The summed E-state index contributed by atoms with van der Waals surface area (Å²) in [5.41, 5.74) is 11.4. The number of hydrogen-bond acceptors (Lipinski definition) is 2. The Kier molecular flexibility index (Phi) is 9.40. The predicted octanol–water partition coefficient (Wildman–Crippen LogP) is 20.1. The van der Waals surface area contributed by atoms with Crippen molar-refractivity contribution in [2.75, 3.05) is 9.80 Å². The highest BCUT2D eigenvalue weighted by Crippen LogP contribution is 2.50. The molecule has 2 aliphatic rings. The summed E-state index contributed by atoms with van der Waals surface area (Å²) in [7, 11) is 0. The SMILES string of the molecule is [2H]c1c([2H])c([2H])c2c(c1[2H])c1cc(C([2H])([2H])C(C)(C)C)ccc1n2-c1ccc2c(c1)N(c1ccccc1-c1ccccc1)c1cc(C([2H])([2H])C(C)(C)C)cc3c1B2c1ccc(-n2c4ccc(C([2H])([2H])C(C)(C)C)cc4c4c([2H])c([2H])c([2H])c([2H])c42)cc1N3c1ccccc1-c1ccccc1. The van der Waals surface area contributed by atoms with Gasteiger partial charge in [0.2, 0.25) is 0 Å². The molecule has 2 aromatic heterocycles. The molecule has 0 saturated heterocycles. The van der Waals surface area contributed by atoms with Gasteiger partial charge in [0.15, 0.2) is 0 Å². The van der Waals surface area contributed by atoms with Crippen molar-refractivity contribution in [3.05, 3.63) is 259 Å². The van der Waals surface area contributed by atoms with Crippen LogP contribution in [-0.4, -0.2) is 15.8 Å². The summed E-state index contributed by atoms with van der Waals surface area (Å²) in [4.78, 5) is 4.44. The minimum absolute atomic E-state index is 0.215. The van der Waals surface area contributed by atoms with Crippen LogP contribution < -0.4 is 26.2 Å². The molecular formula is C81H73BN4. The van der Waals surface area contributed by atoms with Crippen LogP contribution in [0.25, 0.3) is 77.2 Å². The van der Waals surface area contributed by atoms with Crippen LogP contribution in [-0.2, 0) is 19.1 Å². The first-order valence-electron chi connectivity index (χ1n) is 36.6. The van der Waals surface area contributed by atoms with Gasteiger partial charge in [-0.25, -0.2) is 0 Å². The maximum Gasteiger partial charge on any atom is 0.252 e. The first-order valence-corrected chi connectivity index (χ1v) is 29.6. The second kappa shape index (κ2) is 20.2. The first-order chi connectivity index (χ1) is 47.2. The molecule has 86 heavy (non-hydrogen) atoms. The highest BCUT2D eigenvalue weighted by Gasteiger charge is 2.45. The topological polar surface area (TPSA) is 16.3 Å². The zero-order valence-corrected chi connectivity index (χ0v) is 49.8. The minimum atomic E-state index is -2.01. The number of anilines is 6. The Balaban J connectivity index is 1.10. The Hall–Kier alpha value is -9.32. The van der Waals surface area contributed by atoms with Crippen LogP contribution in [0.3, 0.4) is 0 Å². The highest BCUT2D eigenvalue weighted by atomic mass is 15.2. The van der Waals surface area contributed by atoms with Crippen LogP contribution in [0.5, 0.6) is 0 Å². The van der Waals surface area contributed by atoms with Gasteiger partial charge in [0.25, 0.3) is 6.71 Å². The average Bonchev–Trinajstić information content (AvgIpc) is 0.773.